The minimum Gasteiger partial charge on any atom is -0.332 e. The molecule has 0 atom stereocenters. The molecule has 19 heavy (non-hydrogen) atoms. The van der Waals surface area contributed by atoms with E-state index in [1.165, 1.54) is 31.4 Å². The van der Waals surface area contributed by atoms with E-state index in [1.807, 2.05) is 0 Å². The van der Waals surface area contributed by atoms with E-state index in [1.54, 1.807) is 12.1 Å². The third-order valence-corrected chi connectivity index (χ3v) is 3.15. The lowest BCUT2D eigenvalue weighted by atomic mass is 10.2. The molecule has 2 rings (SSSR count). The molecular formula is C12H16N4O2S. The molecule has 0 radical (unpaired) electrons. The predicted molar refractivity (Wildman–Crippen MR) is 77.9 cm³/mol. The van der Waals surface area contributed by atoms with E-state index in [2.05, 4.69) is 15.8 Å². The summed E-state index contributed by atoms with van der Waals surface area (Å²) in [6, 6.07) is 6.18. The summed E-state index contributed by atoms with van der Waals surface area (Å²) < 4.78 is 0. The summed E-state index contributed by atoms with van der Waals surface area (Å²) in [4.78, 5) is 10.1. The van der Waals surface area contributed by atoms with Crippen LogP contribution >= 0.6 is 12.2 Å². The highest BCUT2D eigenvalue weighted by Gasteiger charge is 2.11. The van der Waals surface area contributed by atoms with Crippen molar-refractivity contribution in [2.24, 2.45) is 0 Å². The van der Waals surface area contributed by atoms with Crippen LogP contribution in [0.2, 0.25) is 0 Å². The van der Waals surface area contributed by atoms with Gasteiger partial charge in [-0.25, -0.2) is 5.01 Å². The summed E-state index contributed by atoms with van der Waals surface area (Å²) in [5.74, 6) is 0. The summed E-state index contributed by atoms with van der Waals surface area (Å²) in [7, 11) is 0. The van der Waals surface area contributed by atoms with Crippen LogP contribution in [0.25, 0.3) is 0 Å². The van der Waals surface area contributed by atoms with Gasteiger partial charge < -0.3 is 5.32 Å². The van der Waals surface area contributed by atoms with Crippen LogP contribution in [0.15, 0.2) is 24.3 Å². The highest BCUT2D eigenvalue weighted by atomic mass is 32.1. The highest BCUT2D eigenvalue weighted by molar-refractivity contribution is 7.80. The Hall–Kier alpha value is -1.73. The minimum atomic E-state index is -0.423. The molecule has 1 saturated heterocycles. The standard InChI is InChI=1S/C12H16N4O2S/c17-16(18)11-6-4-10(5-7-11)13-12(19)14-15-8-2-1-3-9-15/h4-7H,1-3,8-9H2,(H2,13,14,19). The van der Waals surface area contributed by atoms with E-state index in [4.69, 9.17) is 12.2 Å². The number of hydrogen-bond donors (Lipinski definition) is 2. The summed E-state index contributed by atoms with van der Waals surface area (Å²) in [6.07, 6.45) is 3.61. The van der Waals surface area contributed by atoms with Crippen LogP contribution in [0, 0.1) is 10.1 Å². The van der Waals surface area contributed by atoms with Gasteiger partial charge in [0.2, 0.25) is 0 Å². The third kappa shape index (κ3) is 4.15. The number of anilines is 1. The van der Waals surface area contributed by atoms with Gasteiger partial charge >= 0.3 is 0 Å². The molecule has 0 saturated carbocycles. The van der Waals surface area contributed by atoms with Crippen molar-refractivity contribution in [1.29, 1.82) is 0 Å². The topological polar surface area (TPSA) is 70.4 Å². The molecule has 1 aromatic rings. The van der Waals surface area contributed by atoms with Crippen molar-refractivity contribution in [2.75, 3.05) is 18.4 Å². The average Bonchev–Trinajstić information content (AvgIpc) is 2.40. The Balaban J connectivity index is 1.85. The molecule has 102 valence electrons. The Bertz CT molecular complexity index is 457. The Morgan fingerprint density at radius 3 is 2.42 bits per heavy atom. The molecule has 1 aliphatic heterocycles. The number of hydrogen-bond acceptors (Lipinski definition) is 4. The lowest BCUT2D eigenvalue weighted by Gasteiger charge is -2.28. The number of hydrazine groups is 1. The highest BCUT2D eigenvalue weighted by Crippen LogP contribution is 2.15. The zero-order chi connectivity index (χ0) is 13.7. The Labute approximate surface area is 116 Å². The number of nitrogens with zero attached hydrogens (tertiary/aromatic N) is 2. The SMILES string of the molecule is O=[N+]([O-])c1ccc(NC(=S)NN2CCCCC2)cc1. The van der Waals surface area contributed by atoms with Crippen molar-refractivity contribution in [3.8, 4) is 0 Å². The first-order chi connectivity index (χ1) is 9.15. The van der Waals surface area contributed by atoms with Crippen LogP contribution in [-0.4, -0.2) is 28.1 Å². The van der Waals surface area contributed by atoms with E-state index < -0.39 is 4.92 Å². The van der Waals surface area contributed by atoms with Crippen LogP contribution < -0.4 is 10.7 Å². The van der Waals surface area contributed by atoms with Crippen molar-refractivity contribution in [2.45, 2.75) is 19.3 Å². The average molecular weight is 280 g/mol. The smallest absolute Gasteiger partial charge is 0.269 e. The fraction of sp³-hybridized carbons (Fsp3) is 0.417. The van der Waals surface area contributed by atoms with Gasteiger partial charge in [0.1, 0.15) is 0 Å². The van der Waals surface area contributed by atoms with Crippen LogP contribution in [0.5, 0.6) is 0 Å². The minimum absolute atomic E-state index is 0.0699. The summed E-state index contributed by atoms with van der Waals surface area (Å²) >= 11 is 5.20. The second-order valence-electron chi connectivity index (χ2n) is 4.42. The zero-order valence-electron chi connectivity index (χ0n) is 10.5. The summed E-state index contributed by atoms with van der Waals surface area (Å²) in [5, 5.41) is 16.1. The van der Waals surface area contributed by atoms with Crippen molar-refractivity contribution in [3.05, 3.63) is 34.4 Å². The van der Waals surface area contributed by atoms with Gasteiger partial charge in [-0.3, -0.25) is 15.5 Å². The number of benzene rings is 1. The summed E-state index contributed by atoms with van der Waals surface area (Å²) in [6.45, 7) is 1.98. The Kier molecular flexibility index (Phi) is 4.64. The first-order valence-corrected chi connectivity index (χ1v) is 6.63. The molecule has 7 heteroatoms. The molecule has 1 aromatic carbocycles. The lowest BCUT2D eigenvalue weighted by Crippen LogP contribution is -2.46. The van der Waals surface area contributed by atoms with Crippen molar-refractivity contribution in [1.82, 2.24) is 10.4 Å². The number of non-ortho nitro benzene ring substituents is 1. The van der Waals surface area contributed by atoms with Gasteiger partial charge in [0.15, 0.2) is 5.11 Å². The van der Waals surface area contributed by atoms with Crippen LogP contribution in [0.1, 0.15) is 19.3 Å². The normalized spacial score (nSPS) is 15.8. The first kappa shape index (κ1) is 13.7. The van der Waals surface area contributed by atoms with E-state index >= 15 is 0 Å². The maximum Gasteiger partial charge on any atom is 0.269 e. The van der Waals surface area contributed by atoms with E-state index in [-0.39, 0.29) is 5.69 Å². The third-order valence-electron chi connectivity index (χ3n) is 2.95. The van der Waals surface area contributed by atoms with E-state index in [9.17, 15) is 10.1 Å². The molecule has 0 aromatic heterocycles. The van der Waals surface area contributed by atoms with Gasteiger partial charge in [-0.15, -0.1) is 0 Å². The molecule has 1 heterocycles. The molecule has 2 N–H and O–H groups in total. The second kappa shape index (κ2) is 6.44. The molecule has 6 nitrogen and oxygen atoms in total. The monoisotopic (exact) mass is 280 g/mol. The van der Waals surface area contributed by atoms with Crippen molar-refractivity contribution in [3.63, 3.8) is 0 Å². The Morgan fingerprint density at radius 2 is 1.84 bits per heavy atom. The first-order valence-electron chi connectivity index (χ1n) is 6.22. The number of rotatable bonds is 3. The number of nitro groups is 1. The van der Waals surface area contributed by atoms with Gasteiger partial charge in [0.05, 0.1) is 4.92 Å². The van der Waals surface area contributed by atoms with Gasteiger partial charge in [-0.2, -0.15) is 0 Å². The van der Waals surface area contributed by atoms with Crippen LogP contribution in [-0.2, 0) is 0 Å². The fourth-order valence-corrected chi connectivity index (χ4v) is 2.22. The number of thiocarbonyl (C=S) groups is 1. The molecule has 1 aliphatic rings. The van der Waals surface area contributed by atoms with E-state index in [0.717, 1.165) is 18.8 Å². The molecule has 1 fully saturated rings. The second-order valence-corrected chi connectivity index (χ2v) is 4.83. The van der Waals surface area contributed by atoms with Crippen molar-refractivity contribution >= 4 is 28.7 Å². The quantitative estimate of drug-likeness (QED) is 0.503. The molecular weight excluding hydrogens is 264 g/mol. The van der Waals surface area contributed by atoms with Gasteiger partial charge in [-0.1, -0.05) is 6.42 Å². The number of piperidine rings is 1. The molecule has 0 aliphatic carbocycles. The molecule has 0 amide bonds. The van der Waals surface area contributed by atoms with Gasteiger partial charge in [0.25, 0.3) is 5.69 Å². The molecule has 0 bridgehead atoms. The van der Waals surface area contributed by atoms with Crippen molar-refractivity contribution < 1.29 is 4.92 Å². The lowest BCUT2D eigenvalue weighted by molar-refractivity contribution is -0.384. The molecule has 0 unspecified atom stereocenters. The summed E-state index contributed by atoms with van der Waals surface area (Å²) in [5.41, 5.74) is 3.93. The van der Waals surface area contributed by atoms with E-state index in [0.29, 0.717) is 5.11 Å². The predicted octanol–water partition coefficient (Wildman–Crippen LogP) is 2.28. The maximum atomic E-state index is 10.5. The fourth-order valence-electron chi connectivity index (χ4n) is 1.97. The zero-order valence-corrected chi connectivity index (χ0v) is 11.3. The van der Waals surface area contributed by atoms with Gasteiger partial charge in [-0.05, 0) is 37.2 Å². The maximum absolute atomic E-state index is 10.5. The number of nitrogens with one attached hydrogen (secondary N) is 2. The largest absolute Gasteiger partial charge is 0.332 e. The van der Waals surface area contributed by atoms with Gasteiger partial charge in [0, 0.05) is 30.9 Å². The van der Waals surface area contributed by atoms with Crippen LogP contribution in [0.4, 0.5) is 11.4 Å². The Morgan fingerprint density at radius 1 is 1.21 bits per heavy atom. The molecule has 0 spiro atoms. The van der Waals surface area contributed by atoms with Crippen LogP contribution in [0.3, 0.4) is 0 Å². The number of nitro benzene ring substituents is 1.